The smallest absolute Gasteiger partial charge is 0.229 e. The first-order valence-electron chi connectivity index (χ1n) is 7.79. The maximum Gasteiger partial charge on any atom is 0.229 e. The average molecular weight is 337 g/mol. The van der Waals surface area contributed by atoms with Crippen molar-refractivity contribution in [2.75, 3.05) is 12.4 Å². The van der Waals surface area contributed by atoms with Crippen molar-refractivity contribution in [3.05, 3.63) is 17.3 Å². The number of hydrogen-bond donors (Lipinski definition) is 1. The molecule has 6 nitrogen and oxygen atoms in total. The van der Waals surface area contributed by atoms with Crippen molar-refractivity contribution in [1.29, 1.82) is 0 Å². The van der Waals surface area contributed by atoms with Gasteiger partial charge in [0.15, 0.2) is 5.65 Å². The van der Waals surface area contributed by atoms with Crippen LogP contribution in [0.1, 0.15) is 45.6 Å². The fourth-order valence-corrected chi connectivity index (χ4v) is 2.80. The number of ether oxygens (including phenoxy) is 1. The van der Waals surface area contributed by atoms with Crippen molar-refractivity contribution >= 4 is 34.6 Å². The monoisotopic (exact) mass is 336 g/mol. The van der Waals surface area contributed by atoms with Crippen molar-refractivity contribution in [3.63, 3.8) is 0 Å². The van der Waals surface area contributed by atoms with Gasteiger partial charge in [-0.05, 0) is 45.2 Å². The molecule has 0 spiro atoms. The molecule has 2 aromatic heterocycles. The van der Waals surface area contributed by atoms with Gasteiger partial charge in [-0.2, -0.15) is 0 Å². The summed E-state index contributed by atoms with van der Waals surface area (Å²) in [6.45, 7) is 3.76. The van der Waals surface area contributed by atoms with Crippen LogP contribution in [0.25, 0.3) is 11.2 Å². The van der Waals surface area contributed by atoms with E-state index in [2.05, 4.69) is 15.3 Å². The molecule has 0 atom stereocenters. The van der Waals surface area contributed by atoms with E-state index in [-0.39, 0.29) is 12.3 Å². The van der Waals surface area contributed by atoms with Crippen molar-refractivity contribution in [2.45, 2.75) is 51.2 Å². The predicted molar refractivity (Wildman–Crippen MR) is 89.8 cm³/mol. The fraction of sp³-hybridized carbons (Fsp3) is 0.562. The van der Waals surface area contributed by atoms with Crippen LogP contribution in [-0.2, 0) is 9.53 Å². The van der Waals surface area contributed by atoms with Crippen LogP contribution < -0.4 is 5.32 Å². The number of carbonyl (C=O) groups is 1. The Kier molecular flexibility index (Phi) is 4.29. The van der Waals surface area contributed by atoms with Crippen LogP contribution in [0.4, 0.5) is 5.95 Å². The van der Waals surface area contributed by atoms with Crippen LogP contribution in [0.3, 0.4) is 0 Å². The molecular formula is C16H21ClN4O2. The predicted octanol–water partition coefficient (Wildman–Crippen LogP) is 3.56. The number of nitrogens with one attached hydrogen (secondary N) is 1. The summed E-state index contributed by atoms with van der Waals surface area (Å²) in [4.78, 5) is 21.2. The van der Waals surface area contributed by atoms with E-state index in [1.165, 1.54) is 6.42 Å². The van der Waals surface area contributed by atoms with Crippen molar-refractivity contribution < 1.29 is 9.53 Å². The number of anilines is 1. The number of rotatable bonds is 5. The quantitative estimate of drug-likeness (QED) is 0.847. The topological polar surface area (TPSA) is 69.0 Å². The summed E-state index contributed by atoms with van der Waals surface area (Å²) in [5, 5.41) is 3.34. The zero-order valence-electron chi connectivity index (χ0n) is 13.6. The lowest BCUT2D eigenvalue weighted by Gasteiger charge is -2.29. The number of nitrogens with zero attached hydrogens (tertiary/aromatic N) is 3. The zero-order valence-corrected chi connectivity index (χ0v) is 14.4. The van der Waals surface area contributed by atoms with Crippen LogP contribution in [-0.4, -0.2) is 33.2 Å². The largest absolute Gasteiger partial charge is 0.378 e. The Bertz CT molecular complexity index is 737. The number of carbonyl (C=O) groups excluding carboxylic acids is 1. The number of aromatic nitrogens is 3. The van der Waals surface area contributed by atoms with Crippen LogP contribution in [0, 0.1) is 0 Å². The van der Waals surface area contributed by atoms with Crippen LogP contribution in [0.15, 0.2) is 12.1 Å². The van der Waals surface area contributed by atoms with Gasteiger partial charge < -0.3 is 4.74 Å². The highest BCUT2D eigenvalue weighted by atomic mass is 35.5. The molecule has 3 rings (SSSR count). The van der Waals surface area contributed by atoms with Gasteiger partial charge in [0.05, 0.1) is 12.0 Å². The van der Waals surface area contributed by atoms with Gasteiger partial charge >= 0.3 is 0 Å². The molecule has 1 aliphatic rings. The van der Waals surface area contributed by atoms with Gasteiger partial charge in [0.2, 0.25) is 11.9 Å². The van der Waals surface area contributed by atoms with Crippen molar-refractivity contribution in [1.82, 2.24) is 14.5 Å². The van der Waals surface area contributed by atoms with E-state index >= 15 is 0 Å². The highest BCUT2D eigenvalue weighted by Gasteiger charge is 2.28. The molecule has 2 aromatic rings. The van der Waals surface area contributed by atoms with Crippen LogP contribution >= 0.6 is 11.6 Å². The van der Waals surface area contributed by atoms with E-state index in [9.17, 15) is 4.79 Å². The van der Waals surface area contributed by atoms with E-state index in [4.69, 9.17) is 16.3 Å². The van der Waals surface area contributed by atoms with Gasteiger partial charge in [-0.3, -0.25) is 14.7 Å². The first-order chi connectivity index (χ1) is 10.9. The molecule has 0 bridgehead atoms. The van der Waals surface area contributed by atoms with Gasteiger partial charge in [0.25, 0.3) is 0 Å². The summed E-state index contributed by atoms with van der Waals surface area (Å²) >= 11 is 6.02. The van der Waals surface area contributed by atoms with Gasteiger partial charge in [-0.1, -0.05) is 11.6 Å². The molecule has 0 saturated heterocycles. The van der Waals surface area contributed by atoms with Crippen LogP contribution in [0.2, 0.25) is 5.15 Å². The summed E-state index contributed by atoms with van der Waals surface area (Å²) in [5.74, 6) is 0.412. The maximum absolute atomic E-state index is 12.3. The van der Waals surface area contributed by atoms with E-state index in [1.54, 1.807) is 13.2 Å². The molecule has 7 heteroatoms. The number of halogens is 1. The standard InChI is InChI=1S/C16H21ClN4O2/c1-16(2,23-3)9-13(22)20-15-18-11-7-8-12(17)19-14(11)21(15)10-5-4-6-10/h7-8,10H,4-6,9H2,1-3H3,(H,18,20,22). The number of imidazole rings is 1. The molecule has 0 unspecified atom stereocenters. The molecule has 0 aromatic carbocycles. The number of hydrogen-bond acceptors (Lipinski definition) is 4. The molecule has 1 fully saturated rings. The second-order valence-corrected chi connectivity index (χ2v) is 6.94. The minimum atomic E-state index is -0.515. The summed E-state index contributed by atoms with van der Waals surface area (Å²) < 4.78 is 7.32. The zero-order chi connectivity index (χ0) is 16.6. The van der Waals surface area contributed by atoms with Crippen molar-refractivity contribution in [2.24, 2.45) is 0 Å². The van der Waals surface area contributed by atoms with Gasteiger partial charge in [0, 0.05) is 13.2 Å². The van der Waals surface area contributed by atoms with E-state index < -0.39 is 5.60 Å². The van der Waals surface area contributed by atoms with E-state index in [1.807, 2.05) is 24.5 Å². The molecule has 0 radical (unpaired) electrons. The second-order valence-electron chi connectivity index (χ2n) is 6.56. The second kappa shape index (κ2) is 6.09. The molecule has 23 heavy (non-hydrogen) atoms. The molecule has 1 N–H and O–H groups in total. The highest BCUT2D eigenvalue weighted by Crippen LogP contribution is 2.37. The summed E-state index contributed by atoms with van der Waals surface area (Å²) in [7, 11) is 1.60. The van der Waals surface area contributed by atoms with Gasteiger partial charge in [0.1, 0.15) is 10.7 Å². The lowest BCUT2D eigenvalue weighted by atomic mass is 9.93. The Morgan fingerprint density at radius 1 is 1.43 bits per heavy atom. The molecule has 1 amide bonds. The lowest BCUT2D eigenvalue weighted by Crippen LogP contribution is -2.30. The van der Waals surface area contributed by atoms with Gasteiger partial charge in [-0.25, -0.2) is 9.97 Å². The molecular weight excluding hydrogens is 316 g/mol. The first kappa shape index (κ1) is 16.2. The van der Waals surface area contributed by atoms with Crippen LogP contribution in [0.5, 0.6) is 0 Å². The van der Waals surface area contributed by atoms with E-state index in [0.717, 1.165) is 24.0 Å². The normalized spacial score (nSPS) is 15.7. The van der Waals surface area contributed by atoms with Gasteiger partial charge in [-0.15, -0.1) is 0 Å². The Morgan fingerprint density at radius 2 is 2.17 bits per heavy atom. The third-order valence-corrected chi connectivity index (χ3v) is 4.54. The summed E-state index contributed by atoms with van der Waals surface area (Å²) in [5.41, 5.74) is 0.949. The third-order valence-electron chi connectivity index (χ3n) is 4.33. The Balaban J connectivity index is 1.92. The molecule has 1 aliphatic carbocycles. The number of methoxy groups -OCH3 is 1. The fourth-order valence-electron chi connectivity index (χ4n) is 2.66. The number of pyridine rings is 1. The summed E-state index contributed by atoms with van der Waals surface area (Å²) in [6.07, 6.45) is 3.55. The number of fused-ring (bicyclic) bond motifs is 1. The van der Waals surface area contributed by atoms with E-state index in [0.29, 0.717) is 17.1 Å². The molecule has 124 valence electrons. The third kappa shape index (κ3) is 3.33. The average Bonchev–Trinajstić information content (AvgIpc) is 2.74. The molecule has 1 saturated carbocycles. The van der Waals surface area contributed by atoms with Crippen molar-refractivity contribution in [3.8, 4) is 0 Å². The first-order valence-corrected chi connectivity index (χ1v) is 8.17. The Labute approximate surface area is 140 Å². The maximum atomic E-state index is 12.3. The Hall–Kier alpha value is -1.66. The Morgan fingerprint density at radius 3 is 2.78 bits per heavy atom. The minimum Gasteiger partial charge on any atom is -0.378 e. The minimum absolute atomic E-state index is 0.126. The SMILES string of the molecule is COC(C)(C)CC(=O)Nc1nc2ccc(Cl)nc2n1C1CCC1. The molecule has 0 aliphatic heterocycles. The lowest BCUT2D eigenvalue weighted by molar-refractivity contribution is -0.121. The summed E-state index contributed by atoms with van der Waals surface area (Å²) in [6, 6.07) is 3.85. The highest BCUT2D eigenvalue weighted by molar-refractivity contribution is 6.29. The number of amides is 1. The molecule has 2 heterocycles.